The highest BCUT2D eigenvalue weighted by Gasteiger charge is 2.47. The first-order chi connectivity index (χ1) is 20.1. The van der Waals surface area contributed by atoms with Gasteiger partial charge in [0, 0.05) is 69.5 Å². The summed E-state index contributed by atoms with van der Waals surface area (Å²) in [5, 5.41) is 0. The van der Waals surface area contributed by atoms with Gasteiger partial charge in [-0.05, 0) is 45.5 Å². The molecule has 4 aliphatic heterocycles. The van der Waals surface area contributed by atoms with E-state index in [0.717, 1.165) is 32.6 Å². The van der Waals surface area contributed by atoms with Crippen molar-refractivity contribution in [1.29, 1.82) is 0 Å². The normalized spacial score (nSPS) is 24.6. The minimum Gasteiger partial charge on any atom is -0.487 e. The van der Waals surface area contributed by atoms with Gasteiger partial charge in [-0.15, -0.1) is 0 Å². The summed E-state index contributed by atoms with van der Waals surface area (Å²) >= 11 is 0. The average Bonchev–Trinajstić information content (AvgIpc) is 3.22. The lowest BCUT2D eigenvalue weighted by atomic mass is 9.98. The maximum Gasteiger partial charge on any atom is 0.262 e. The lowest BCUT2D eigenvalue weighted by Crippen LogP contribution is -2.57. The quantitative estimate of drug-likeness (QED) is 0.515. The first-order valence-corrected chi connectivity index (χ1v) is 14.6. The highest BCUT2D eigenvalue weighted by molar-refractivity contribution is 6.03. The third-order valence-corrected chi connectivity index (χ3v) is 9.24. The Morgan fingerprint density at radius 1 is 1.07 bits per heavy atom. The van der Waals surface area contributed by atoms with Crippen LogP contribution < -0.4 is 9.64 Å². The standard InChI is InChI=1S/C31H38F2N6O3/c1-5-24(40)37-14-15-38-21(17-37)19-42-28-25(30(38)41)29(34-27(26(28)33)22-8-6-7-9-23(22)32)39-18-20(16-31(39,2)3)36-12-10-35(4)11-13-36/h5-9,20-21H,1,10-19H2,2-4H3. The van der Waals surface area contributed by atoms with Crippen LogP contribution in [0.15, 0.2) is 36.9 Å². The molecule has 11 heteroatoms. The van der Waals surface area contributed by atoms with Crippen molar-refractivity contribution in [3.63, 3.8) is 0 Å². The number of hydrogen-bond donors (Lipinski definition) is 0. The third kappa shape index (κ3) is 4.92. The Hall–Kier alpha value is -3.57. The number of halogens is 2. The molecular formula is C31H38F2N6O3. The van der Waals surface area contributed by atoms with E-state index in [2.05, 4.69) is 42.2 Å². The molecule has 5 heterocycles. The minimum absolute atomic E-state index is 0.00689. The second-order valence-corrected chi connectivity index (χ2v) is 12.4. The van der Waals surface area contributed by atoms with Crippen LogP contribution in [0, 0.1) is 11.6 Å². The fourth-order valence-corrected chi connectivity index (χ4v) is 6.82. The van der Waals surface area contributed by atoms with Gasteiger partial charge in [-0.1, -0.05) is 18.7 Å². The molecule has 0 saturated carbocycles. The van der Waals surface area contributed by atoms with Crippen LogP contribution in [0.2, 0.25) is 0 Å². The Kier molecular flexibility index (Phi) is 7.43. The predicted molar refractivity (Wildman–Crippen MR) is 156 cm³/mol. The highest BCUT2D eigenvalue weighted by atomic mass is 19.1. The van der Waals surface area contributed by atoms with Gasteiger partial charge >= 0.3 is 0 Å². The van der Waals surface area contributed by atoms with E-state index in [1.807, 2.05) is 0 Å². The third-order valence-electron chi connectivity index (χ3n) is 9.24. The van der Waals surface area contributed by atoms with Crippen molar-refractivity contribution >= 4 is 17.6 Å². The number of aromatic nitrogens is 1. The number of anilines is 1. The van der Waals surface area contributed by atoms with Gasteiger partial charge in [0.05, 0.1) is 6.04 Å². The predicted octanol–water partition coefficient (Wildman–Crippen LogP) is 2.86. The van der Waals surface area contributed by atoms with E-state index in [9.17, 15) is 9.59 Å². The Morgan fingerprint density at radius 2 is 1.81 bits per heavy atom. The zero-order valence-electron chi connectivity index (χ0n) is 24.5. The topological polar surface area (TPSA) is 72.5 Å². The fourth-order valence-electron chi connectivity index (χ4n) is 6.82. The van der Waals surface area contributed by atoms with Crippen LogP contribution >= 0.6 is 0 Å². The number of benzene rings is 1. The maximum atomic E-state index is 16.3. The lowest BCUT2D eigenvalue weighted by Gasteiger charge is -2.40. The molecule has 2 aromatic rings. The van der Waals surface area contributed by atoms with E-state index in [1.54, 1.807) is 21.9 Å². The van der Waals surface area contributed by atoms with E-state index in [-0.39, 0.29) is 54.2 Å². The number of hydrogen-bond acceptors (Lipinski definition) is 7. The van der Waals surface area contributed by atoms with Crippen LogP contribution in [0.5, 0.6) is 5.75 Å². The summed E-state index contributed by atoms with van der Waals surface area (Å²) in [6.45, 7) is 13.1. The maximum absolute atomic E-state index is 16.3. The van der Waals surface area contributed by atoms with Crippen molar-refractivity contribution in [3.05, 3.63) is 54.1 Å². The zero-order valence-corrected chi connectivity index (χ0v) is 24.5. The monoisotopic (exact) mass is 580 g/mol. The number of amides is 2. The zero-order chi connectivity index (χ0) is 29.8. The van der Waals surface area contributed by atoms with Gasteiger partial charge in [0.2, 0.25) is 5.91 Å². The molecule has 2 atom stereocenters. The van der Waals surface area contributed by atoms with Crippen LogP contribution in [-0.4, -0.2) is 120 Å². The first-order valence-electron chi connectivity index (χ1n) is 14.6. The van der Waals surface area contributed by atoms with Gasteiger partial charge in [0.15, 0.2) is 11.6 Å². The molecule has 0 N–H and O–H groups in total. The Labute approximate surface area is 245 Å². The number of likely N-dealkylation sites (N-methyl/N-ethyl adjacent to an activating group) is 1. The molecule has 1 aromatic heterocycles. The molecule has 3 fully saturated rings. The number of carbonyl (C=O) groups is 2. The lowest BCUT2D eigenvalue weighted by molar-refractivity contribution is -0.128. The summed E-state index contributed by atoms with van der Waals surface area (Å²) in [5.41, 5.74) is -0.532. The van der Waals surface area contributed by atoms with Gasteiger partial charge in [0.25, 0.3) is 5.91 Å². The Bertz CT molecular complexity index is 1410. The molecule has 0 radical (unpaired) electrons. The van der Waals surface area contributed by atoms with Gasteiger partial charge in [0.1, 0.15) is 29.5 Å². The smallest absolute Gasteiger partial charge is 0.262 e. The van der Waals surface area contributed by atoms with Gasteiger partial charge < -0.3 is 24.3 Å². The number of carbonyl (C=O) groups excluding carboxylic acids is 2. The van der Waals surface area contributed by atoms with Gasteiger partial charge in [-0.3, -0.25) is 14.5 Å². The van der Waals surface area contributed by atoms with Crippen molar-refractivity contribution < 1.29 is 23.1 Å². The largest absolute Gasteiger partial charge is 0.487 e. The van der Waals surface area contributed by atoms with Crippen LogP contribution in [0.4, 0.5) is 14.6 Å². The summed E-state index contributed by atoms with van der Waals surface area (Å²) < 4.78 is 37.5. The molecule has 2 amide bonds. The SMILES string of the molecule is C=CC(=O)N1CCN2C(=O)c3c(N4CC(N5CCN(C)CC5)CC4(C)C)nc(-c4ccccc4F)c(F)c3OCC2C1. The molecule has 0 spiro atoms. The van der Waals surface area contributed by atoms with E-state index >= 15 is 8.78 Å². The van der Waals surface area contributed by atoms with Crippen molar-refractivity contribution in [2.45, 2.75) is 37.9 Å². The molecule has 224 valence electrons. The summed E-state index contributed by atoms with van der Waals surface area (Å²) in [6.07, 6.45) is 2.08. The summed E-state index contributed by atoms with van der Waals surface area (Å²) in [6, 6.07) is 5.67. The molecular weight excluding hydrogens is 542 g/mol. The van der Waals surface area contributed by atoms with Crippen LogP contribution in [0.1, 0.15) is 30.6 Å². The van der Waals surface area contributed by atoms with E-state index < -0.39 is 29.1 Å². The molecule has 6 rings (SSSR count). The Balaban J connectivity index is 1.45. The van der Waals surface area contributed by atoms with Crippen LogP contribution in [0.25, 0.3) is 11.3 Å². The molecule has 0 bridgehead atoms. The number of nitrogens with zero attached hydrogens (tertiary/aromatic N) is 6. The summed E-state index contributed by atoms with van der Waals surface area (Å²) in [5.74, 6) is -1.99. The molecule has 3 saturated heterocycles. The first kappa shape index (κ1) is 28.5. The number of ether oxygens (including phenoxy) is 1. The fraction of sp³-hybridized carbons (Fsp3) is 0.516. The van der Waals surface area contributed by atoms with E-state index in [1.165, 1.54) is 18.2 Å². The molecule has 1 aromatic carbocycles. The summed E-state index contributed by atoms with van der Waals surface area (Å²) in [7, 11) is 2.12. The number of piperazine rings is 2. The number of pyridine rings is 1. The van der Waals surface area contributed by atoms with Gasteiger partial charge in [-0.2, -0.15) is 0 Å². The molecule has 0 aliphatic carbocycles. The van der Waals surface area contributed by atoms with E-state index in [0.29, 0.717) is 18.9 Å². The van der Waals surface area contributed by atoms with Gasteiger partial charge in [-0.25, -0.2) is 13.8 Å². The van der Waals surface area contributed by atoms with E-state index in [4.69, 9.17) is 9.72 Å². The summed E-state index contributed by atoms with van der Waals surface area (Å²) in [4.78, 5) is 41.5. The molecule has 4 aliphatic rings. The Morgan fingerprint density at radius 3 is 2.52 bits per heavy atom. The number of fused-ring (bicyclic) bond motifs is 2. The second kappa shape index (κ2) is 10.9. The minimum atomic E-state index is -0.862. The number of rotatable bonds is 4. The average molecular weight is 581 g/mol. The van der Waals surface area contributed by atoms with Crippen molar-refractivity contribution in [2.75, 3.05) is 70.9 Å². The van der Waals surface area contributed by atoms with Crippen LogP contribution in [-0.2, 0) is 4.79 Å². The molecule has 9 nitrogen and oxygen atoms in total. The van der Waals surface area contributed by atoms with Crippen molar-refractivity contribution in [3.8, 4) is 17.0 Å². The van der Waals surface area contributed by atoms with Crippen molar-refractivity contribution in [2.24, 2.45) is 0 Å². The molecule has 42 heavy (non-hydrogen) atoms. The molecule has 2 unspecified atom stereocenters. The van der Waals surface area contributed by atoms with Crippen molar-refractivity contribution in [1.82, 2.24) is 24.6 Å². The highest BCUT2D eigenvalue weighted by Crippen LogP contribution is 2.44. The second-order valence-electron chi connectivity index (χ2n) is 12.4. The van der Waals surface area contributed by atoms with Crippen LogP contribution in [0.3, 0.4) is 0 Å².